The summed E-state index contributed by atoms with van der Waals surface area (Å²) in [5, 5.41) is 1.30. The lowest BCUT2D eigenvalue weighted by molar-refractivity contribution is -0.116. The number of rotatable bonds is 10. The van der Waals surface area contributed by atoms with Crippen LogP contribution < -0.4 is 0 Å². The van der Waals surface area contributed by atoms with Crippen molar-refractivity contribution >= 4 is 26.8 Å². The van der Waals surface area contributed by atoms with E-state index in [2.05, 4.69) is 34.6 Å². The second-order valence-corrected chi connectivity index (χ2v) is 11.8. The first-order valence-electron chi connectivity index (χ1n) is 9.71. The Morgan fingerprint density at radius 1 is 1.00 bits per heavy atom. The summed E-state index contributed by atoms with van der Waals surface area (Å²) in [5.74, 6) is 1.31. The lowest BCUT2D eigenvalue weighted by Gasteiger charge is -2.15. The van der Waals surface area contributed by atoms with Crippen molar-refractivity contribution in [2.24, 2.45) is 0 Å². The highest BCUT2D eigenvalue weighted by Crippen LogP contribution is 2.14. The van der Waals surface area contributed by atoms with Crippen molar-refractivity contribution < 1.29 is 17.8 Å². The standard InChI is InChI=1S/C14H29OS.C7H8O3S/c1-6-7-8-9-10-14(15)11-16(12(2)3)13(4)5;1-6-2-4-7(5-3-6)11(8,9)10/h12-13H,6-11H2,1-5H3;2-5H,1H3,(H,8,9,10)/q+1;/p-1. The Balaban J connectivity index is 0.000000533. The molecule has 0 bridgehead atoms. The molecule has 0 saturated carbocycles. The van der Waals surface area contributed by atoms with E-state index in [9.17, 15) is 17.8 Å². The Labute approximate surface area is 169 Å². The van der Waals surface area contributed by atoms with Crippen LogP contribution >= 0.6 is 0 Å². The van der Waals surface area contributed by atoms with Crippen molar-refractivity contribution in [2.75, 3.05) is 5.75 Å². The zero-order valence-corrected chi connectivity index (χ0v) is 19.3. The van der Waals surface area contributed by atoms with Gasteiger partial charge < -0.3 is 4.55 Å². The number of Topliss-reactive ketones (excluding diaryl/α,β-unsaturated/α-hetero) is 1. The van der Waals surface area contributed by atoms with Crippen LogP contribution in [-0.2, 0) is 25.8 Å². The van der Waals surface area contributed by atoms with Crippen molar-refractivity contribution in [1.82, 2.24) is 0 Å². The van der Waals surface area contributed by atoms with Crippen LogP contribution in [0.5, 0.6) is 0 Å². The minimum absolute atomic E-state index is 0.178. The highest BCUT2D eigenvalue weighted by molar-refractivity contribution is 7.98. The van der Waals surface area contributed by atoms with Crippen LogP contribution in [0.25, 0.3) is 0 Å². The quantitative estimate of drug-likeness (QED) is 0.310. The normalized spacial score (nSPS) is 11.6. The van der Waals surface area contributed by atoms with E-state index < -0.39 is 10.1 Å². The molecule has 0 amide bonds. The van der Waals surface area contributed by atoms with Gasteiger partial charge in [0, 0.05) is 6.42 Å². The largest absolute Gasteiger partial charge is 0.744 e. The van der Waals surface area contributed by atoms with Crippen LogP contribution in [0.3, 0.4) is 0 Å². The smallest absolute Gasteiger partial charge is 0.181 e. The average molecular weight is 417 g/mol. The molecule has 0 aliphatic carbocycles. The zero-order valence-electron chi connectivity index (χ0n) is 17.7. The molecule has 0 atom stereocenters. The van der Waals surface area contributed by atoms with Crippen molar-refractivity contribution in [1.29, 1.82) is 0 Å². The van der Waals surface area contributed by atoms with E-state index >= 15 is 0 Å². The average Bonchev–Trinajstić information content (AvgIpc) is 2.56. The Morgan fingerprint density at radius 3 is 1.93 bits per heavy atom. The van der Waals surface area contributed by atoms with E-state index in [-0.39, 0.29) is 15.8 Å². The minimum Gasteiger partial charge on any atom is -0.744 e. The summed E-state index contributed by atoms with van der Waals surface area (Å²) >= 11 is 0. The number of hydrogen-bond donors (Lipinski definition) is 0. The van der Waals surface area contributed by atoms with E-state index in [0.717, 1.165) is 24.2 Å². The van der Waals surface area contributed by atoms with E-state index in [0.29, 0.717) is 16.3 Å². The molecule has 0 aliphatic heterocycles. The number of aryl methyl sites for hydroxylation is 1. The van der Waals surface area contributed by atoms with Crippen LogP contribution in [-0.4, -0.2) is 35.0 Å². The molecule has 0 saturated heterocycles. The SMILES string of the molecule is CCCCCCC(=O)C[S+](C(C)C)C(C)C.Cc1ccc(S(=O)(=O)[O-])cc1. The summed E-state index contributed by atoms with van der Waals surface area (Å²) in [6.07, 6.45) is 5.65. The monoisotopic (exact) mass is 416 g/mol. The molecule has 156 valence electrons. The molecule has 6 heteroatoms. The maximum absolute atomic E-state index is 11.8. The molecule has 0 aliphatic rings. The third-order valence-corrected chi connectivity index (χ3v) is 8.08. The van der Waals surface area contributed by atoms with Gasteiger partial charge in [0.1, 0.15) is 20.6 Å². The molecule has 0 fully saturated rings. The highest BCUT2D eigenvalue weighted by Gasteiger charge is 2.29. The molecular formula is C21H36O4S2. The summed E-state index contributed by atoms with van der Waals surface area (Å²) in [6.45, 7) is 13.0. The molecular weight excluding hydrogens is 380 g/mol. The first-order chi connectivity index (χ1) is 12.5. The van der Waals surface area contributed by atoms with Crippen molar-refractivity contribution in [3.05, 3.63) is 29.8 Å². The Kier molecular flexibility index (Phi) is 12.9. The van der Waals surface area contributed by atoms with Gasteiger partial charge in [0.05, 0.1) is 4.90 Å². The fourth-order valence-corrected chi connectivity index (χ4v) is 5.33. The number of unbranched alkanes of at least 4 members (excludes halogenated alkanes) is 3. The van der Waals surface area contributed by atoms with Crippen molar-refractivity contribution in [3.63, 3.8) is 0 Å². The number of benzene rings is 1. The number of carbonyl (C=O) groups excluding carboxylic acids is 1. The molecule has 0 heterocycles. The Hall–Kier alpha value is -0.850. The maximum Gasteiger partial charge on any atom is 0.181 e. The maximum atomic E-state index is 11.8. The van der Waals surface area contributed by atoms with Crippen LogP contribution in [0, 0.1) is 6.92 Å². The summed E-state index contributed by atoms with van der Waals surface area (Å²) in [7, 11) is -3.98. The highest BCUT2D eigenvalue weighted by atomic mass is 32.2. The van der Waals surface area contributed by atoms with Crippen molar-refractivity contribution in [3.8, 4) is 0 Å². The second-order valence-electron chi connectivity index (χ2n) is 7.33. The Morgan fingerprint density at radius 2 is 1.52 bits per heavy atom. The molecule has 1 rings (SSSR count). The van der Waals surface area contributed by atoms with Gasteiger partial charge in [0.25, 0.3) is 0 Å². The Bertz CT molecular complexity index is 627. The number of carbonyl (C=O) groups is 1. The van der Waals surface area contributed by atoms with Gasteiger partial charge in [-0.1, -0.05) is 43.9 Å². The first-order valence-corrected chi connectivity index (χ1v) is 12.6. The third kappa shape index (κ3) is 12.3. The predicted octanol–water partition coefficient (Wildman–Crippen LogP) is 4.86. The molecule has 0 unspecified atom stereocenters. The van der Waals surface area contributed by atoms with Gasteiger partial charge >= 0.3 is 0 Å². The second kappa shape index (κ2) is 13.3. The van der Waals surface area contributed by atoms with Gasteiger partial charge in [0.15, 0.2) is 11.5 Å². The van der Waals surface area contributed by atoms with Crippen molar-refractivity contribution in [2.45, 2.75) is 89.0 Å². The summed E-state index contributed by atoms with van der Waals surface area (Å²) in [4.78, 5) is 11.7. The van der Waals surface area contributed by atoms with Gasteiger partial charge in [-0.2, -0.15) is 0 Å². The third-order valence-electron chi connectivity index (χ3n) is 4.16. The van der Waals surface area contributed by atoms with Gasteiger partial charge in [-0.3, -0.25) is 4.79 Å². The molecule has 1 aromatic rings. The van der Waals surface area contributed by atoms with Gasteiger partial charge in [-0.15, -0.1) is 0 Å². The fourth-order valence-electron chi connectivity index (χ4n) is 2.59. The molecule has 27 heavy (non-hydrogen) atoms. The van der Waals surface area contributed by atoms with E-state index in [1.54, 1.807) is 12.1 Å². The molecule has 0 aromatic heterocycles. The summed E-state index contributed by atoms with van der Waals surface area (Å²) < 4.78 is 31.2. The van der Waals surface area contributed by atoms with Gasteiger partial charge in [-0.25, -0.2) is 8.42 Å². The molecule has 0 radical (unpaired) electrons. The number of ketones is 1. The van der Waals surface area contributed by atoms with E-state index in [4.69, 9.17) is 0 Å². The molecule has 0 spiro atoms. The zero-order chi connectivity index (χ0) is 21.0. The van der Waals surface area contributed by atoms with Crippen LogP contribution in [0.1, 0.15) is 72.3 Å². The minimum atomic E-state index is -4.27. The lowest BCUT2D eigenvalue weighted by Crippen LogP contribution is -2.31. The van der Waals surface area contributed by atoms with E-state index in [1.165, 1.54) is 31.4 Å². The van der Waals surface area contributed by atoms with Crippen LogP contribution in [0.2, 0.25) is 0 Å². The summed E-state index contributed by atoms with van der Waals surface area (Å²) in [6, 6.07) is 5.78. The van der Waals surface area contributed by atoms with Gasteiger partial charge in [0.2, 0.25) is 0 Å². The van der Waals surface area contributed by atoms with Crippen LogP contribution in [0.15, 0.2) is 29.2 Å². The topological polar surface area (TPSA) is 74.3 Å². The van der Waals surface area contributed by atoms with E-state index in [1.807, 2.05) is 6.92 Å². The fraction of sp³-hybridized carbons (Fsp3) is 0.667. The predicted molar refractivity (Wildman–Crippen MR) is 115 cm³/mol. The number of hydrogen-bond acceptors (Lipinski definition) is 4. The summed E-state index contributed by atoms with van der Waals surface area (Å²) in [5.41, 5.74) is 0.928. The molecule has 1 aromatic carbocycles. The molecule has 4 nitrogen and oxygen atoms in total. The first kappa shape index (κ1) is 26.1. The molecule has 0 N–H and O–H groups in total. The van der Waals surface area contributed by atoms with Crippen LogP contribution in [0.4, 0.5) is 0 Å². The van der Waals surface area contributed by atoms with Gasteiger partial charge in [-0.05, 0) is 64.1 Å². The lowest BCUT2D eigenvalue weighted by atomic mass is 10.1.